The summed E-state index contributed by atoms with van der Waals surface area (Å²) in [5.74, 6) is 0.778. The van der Waals surface area contributed by atoms with Crippen molar-refractivity contribution < 1.29 is 4.79 Å². The lowest BCUT2D eigenvalue weighted by atomic mass is 9.91. The first-order valence-corrected chi connectivity index (χ1v) is 7.76. The van der Waals surface area contributed by atoms with E-state index in [0.29, 0.717) is 12.5 Å². The van der Waals surface area contributed by atoms with Crippen LogP contribution >= 0.6 is 24.8 Å². The summed E-state index contributed by atoms with van der Waals surface area (Å²) in [6, 6.07) is 8.13. The lowest BCUT2D eigenvalue weighted by molar-refractivity contribution is 0.0573. The summed E-state index contributed by atoms with van der Waals surface area (Å²) in [5, 5.41) is 0. The van der Waals surface area contributed by atoms with Crippen LogP contribution in [-0.2, 0) is 6.54 Å². The number of nitrogens with two attached hydrogens (primary N) is 1. The summed E-state index contributed by atoms with van der Waals surface area (Å²) in [6.07, 6.45) is 2.08. The molecule has 1 aromatic rings. The van der Waals surface area contributed by atoms with E-state index in [4.69, 9.17) is 5.73 Å². The molecular weight excluding hydrogens is 333 g/mol. The SMILES string of the molecule is CC1CCN(C(=O)c2cccc(CN(C)C)c2)C(CN)C1.Cl.Cl. The number of halogens is 2. The van der Waals surface area contributed by atoms with Crippen molar-refractivity contribution in [2.75, 3.05) is 27.2 Å². The van der Waals surface area contributed by atoms with Crippen LogP contribution < -0.4 is 5.73 Å². The van der Waals surface area contributed by atoms with Gasteiger partial charge in [-0.25, -0.2) is 0 Å². The Bertz CT molecular complexity index is 496. The van der Waals surface area contributed by atoms with Gasteiger partial charge in [-0.3, -0.25) is 4.79 Å². The largest absolute Gasteiger partial charge is 0.334 e. The van der Waals surface area contributed by atoms with Gasteiger partial charge in [0.2, 0.25) is 0 Å². The van der Waals surface area contributed by atoms with Crippen molar-refractivity contribution in [1.82, 2.24) is 9.80 Å². The normalized spacial score (nSPS) is 20.7. The average molecular weight is 362 g/mol. The smallest absolute Gasteiger partial charge is 0.254 e. The van der Waals surface area contributed by atoms with E-state index in [1.807, 2.05) is 37.2 Å². The van der Waals surface area contributed by atoms with Gasteiger partial charge in [0.05, 0.1) is 0 Å². The Kier molecular flexibility index (Phi) is 9.78. The van der Waals surface area contributed by atoms with Gasteiger partial charge in [0, 0.05) is 31.2 Å². The summed E-state index contributed by atoms with van der Waals surface area (Å²) >= 11 is 0. The quantitative estimate of drug-likeness (QED) is 0.896. The molecule has 0 saturated carbocycles. The molecule has 1 amide bonds. The Morgan fingerprint density at radius 2 is 2.04 bits per heavy atom. The summed E-state index contributed by atoms with van der Waals surface area (Å²) in [5.41, 5.74) is 7.81. The molecule has 6 heteroatoms. The topological polar surface area (TPSA) is 49.6 Å². The summed E-state index contributed by atoms with van der Waals surface area (Å²) in [6.45, 7) is 4.45. The van der Waals surface area contributed by atoms with Crippen molar-refractivity contribution >= 4 is 30.7 Å². The molecule has 4 nitrogen and oxygen atoms in total. The molecule has 1 aromatic carbocycles. The summed E-state index contributed by atoms with van der Waals surface area (Å²) in [4.78, 5) is 16.8. The number of piperidine rings is 1. The van der Waals surface area contributed by atoms with Crippen LogP contribution in [0.15, 0.2) is 24.3 Å². The maximum atomic E-state index is 12.8. The monoisotopic (exact) mass is 361 g/mol. The molecule has 132 valence electrons. The van der Waals surface area contributed by atoms with E-state index in [0.717, 1.165) is 31.5 Å². The molecule has 1 heterocycles. The van der Waals surface area contributed by atoms with E-state index < -0.39 is 0 Å². The summed E-state index contributed by atoms with van der Waals surface area (Å²) in [7, 11) is 4.07. The maximum Gasteiger partial charge on any atom is 0.254 e. The minimum atomic E-state index is 0. The van der Waals surface area contributed by atoms with E-state index in [2.05, 4.69) is 17.9 Å². The van der Waals surface area contributed by atoms with Gasteiger partial charge in [-0.05, 0) is 50.6 Å². The second-order valence-corrected chi connectivity index (χ2v) is 6.46. The van der Waals surface area contributed by atoms with Crippen LogP contribution in [0.1, 0.15) is 35.7 Å². The van der Waals surface area contributed by atoms with Crippen molar-refractivity contribution in [3.8, 4) is 0 Å². The Balaban J connectivity index is 0.00000242. The first kappa shape index (κ1) is 22.2. The summed E-state index contributed by atoms with van der Waals surface area (Å²) < 4.78 is 0. The average Bonchev–Trinajstić information content (AvgIpc) is 2.46. The lowest BCUT2D eigenvalue weighted by Gasteiger charge is -2.38. The van der Waals surface area contributed by atoms with E-state index in [1.165, 1.54) is 5.56 Å². The van der Waals surface area contributed by atoms with E-state index in [1.54, 1.807) is 0 Å². The Hall–Kier alpha value is -0.810. The molecule has 1 fully saturated rings. The lowest BCUT2D eigenvalue weighted by Crippen LogP contribution is -2.49. The van der Waals surface area contributed by atoms with Crippen LogP contribution in [-0.4, -0.2) is 48.9 Å². The molecule has 0 aromatic heterocycles. The Morgan fingerprint density at radius 1 is 1.35 bits per heavy atom. The van der Waals surface area contributed by atoms with E-state index in [9.17, 15) is 4.79 Å². The zero-order valence-electron chi connectivity index (χ0n) is 14.2. The maximum absolute atomic E-state index is 12.8. The zero-order chi connectivity index (χ0) is 15.4. The third-order valence-electron chi connectivity index (χ3n) is 4.18. The first-order valence-electron chi connectivity index (χ1n) is 7.76. The highest BCUT2D eigenvalue weighted by Gasteiger charge is 2.29. The fourth-order valence-corrected chi connectivity index (χ4v) is 3.08. The number of nitrogens with zero attached hydrogens (tertiary/aromatic N) is 2. The third-order valence-corrected chi connectivity index (χ3v) is 4.18. The minimum absolute atomic E-state index is 0. The second-order valence-electron chi connectivity index (χ2n) is 6.46. The number of hydrogen-bond donors (Lipinski definition) is 1. The van der Waals surface area contributed by atoms with Gasteiger partial charge in [-0.2, -0.15) is 0 Å². The molecule has 2 atom stereocenters. The van der Waals surface area contributed by atoms with E-state index >= 15 is 0 Å². The molecule has 1 saturated heterocycles. The van der Waals surface area contributed by atoms with Crippen molar-refractivity contribution in [2.45, 2.75) is 32.4 Å². The molecule has 2 unspecified atom stereocenters. The van der Waals surface area contributed by atoms with Crippen LogP contribution in [0.3, 0.4) is 0 Å². The molecule has 1 aliphatic rings. The van der Waals surface area contributed by atoms with Gasteiger partial charge in [-0.1, -0.05) is 19.1 Å². The van der Waals surface area contributed by atoms with Gasteiger partial charge in [0.25, 0.3) is 5.91 Å². The number of carbonyl (C=O) groups is 1. The first-order chi connectivity index (χ1) is 10.0. The van der Waals surface area contributed by atoms with E-state index in [-0.39, 0.29) is 36.8 Å². The zero-order valence-corrected chi connectivity index (χ0v) is 15.8. The van der Waals surface area contributed by atoms with Gasteiger partial charge < -0.3 is 15.5 Å². The van der Waals surface area contributed by atoms with Crippen molar-refractivity contribution in [2.24, 2.45) is 11.7 Å². The Labute approximate surface area is 152 Å². The molecule has 1 aliphatic heterocycles. The highest BCUT2D eigenvalue weighted by Crippen LogP contribution is 2.24. The molecule has 0 radical (unpaired) electrons. The van der Waals surface area contributed by atoms with Gasteiger partial charge in [-0.15, -0.1) is 24.8 Å². The number of rotatable bonds is 4. The van der Waals surface area contributed by atoms with Crippen molar-refractivity contribution in [3.63, 3.8) is 0 Å². The standard InChI is InChI=1S/C17H27N3O.2ClH/c1-13-7-8-20(16(9-13)11-18)17(21)15-6-4-5-14(10-15)12-19(2)3;;/h4-6,10,13,16H,7-9,11-12,18H2,1-3H3;2*1H. The van der Waals surface area contributed by atoms with Crippen LogP contribution in [0, 0.1) is 5.92 Å². The van der Waals surface area contributed by atoms with Crippen LogP contribution in [0.2, 0.25) is 0 Å². The van der Waals surface area contributed by atoms with Crippen LogP contribution in [0.25, 0.3) is 0 Å². The highest BCUT2D eigenvalue weighted by atomic mass is 35.5. The number of amides is 1. The van der Waals surface area contributed by atoms with Crippen LogP contribution in [0.5, 0.6) is 0 Å². The predicted molar refractivity (Wildman–Crippen MR) is 101 cm³/mol. The molecule has 0 bridgehead atoms. The van der Waals surface area contributed by atoms with Gasteiger partial charge >= 0.3 is 0 Å². The van der Waals surface area contributed by atoms with Gasteiger partial charge in [0.1, 0.15) is 0 Å². The molecule has 0 spiro atoms. The highest BCUT2D eigenvalue weighted by molar-refractivity contribution is 5.94. The van der Waals surface area contributed by atoms with Crippen LogP contribution in [0.4, 0.5) is 0 Å². The molecule has 0 aliphatic carbocycles. The third kappa shape index (κ3) is 5.96. The number of benzene rings is 1. The molecule has 2 rings (SSSR count). The fraction of sp³-hybridized carbons (Fsp3) is 0.588. The number of carbonyl (C=O) groups excluding carboxylic acids is 1. The minimum Gasteiger partial charge on any atom is -0.334 e. The van der Waals surface area contributed by atoms with Crippen molar-refractivity contribution in [3.05, 3.63) is 35.4 Å². The van der Waals surface area contributed by atoms with Crippen molar-refractivity contribution in [1.29, 1.82) is 0 Å². The molecular formula is C17H29Cl2N3O. The molecule has 23 heavy (non-hydrogen) atoms. The van der Waals surface area contributed by atoms with Gasteiger partial charge in [0.15, 0.2) is 0 Å². The fourth-order valence-electron chi connectivity index (χ4n) is 3.08. The number of likely N-dealkylation sites (tertiary alicyclic amines) is 1. The Morgan fingerprint density at radius 3 is 2.65 bits per heavy atom. The predicted octanol–water partition coefficient (Wildman–Crippen LogP) is 2.79. The second kappa shape index (κ2) is 10.1. The number of hydrogen-bond acceptors (Lipinski definition) is 3. The molecule has 2 N–H and O–H groups in total.